The van der Waals surface area contributed by atoms with E-state index in [4.69, 9.17) is 5.73 Å². The summed E-state index contributed by atoms with van der Waals surface area (Å²) in [5.41, 5.74) is 8.85. The van der Waals surface area contributed by atoms with E-state index in [9.17, 15) is 9.59 Å². The molecule has 1 aromatic carbocycles. The molecule has 0 radical (unpaired) electrons. The van der Waals surface area contributed by atoms with Gasteiger partial charge in [-0.1, -0.05) is 31.6 Å². The zero-order valence-electron chi connectivity index (χ0n) is 14.9. The molecule has 1 aliphatic heterocycles. The van der Waals surface area contributed by atoms with Crippen LogP contribution >= 0.6 is 0 Å². The number of rotatable bonds is 3. The number of hydrogen-bond acceptors (Lipinski definition) is 3. The maximum atomic E-state index is 13.1. The first kappa shape index (κ1) is 16.9. The summed E-state index contributed by atoms with van der Waals surface area (Å²) >= 11 is 0. The van der Waals surface area contributed by atoms with E-state index in [1.165, 1.54) is 5.57 Å². The highest BCUT2D eigenvalue weighted by Gasteiger charge is 2.52. The molecule has 128 valence electrons. The highest BCUT2D eigenvalue weighted by atomic mass is 16.1. The first-order chi connectivity index (χ1) is 11.3. The predicted molar refractivity (Wildman–Crippen MR) is 95.2 cm³/mol. The van der Waals surface area contributed by atoms with Crippen molar-refractivity contribution >= 4 is 11.7 Å². The monoisotopic (exact) mass is 326 g/mol. The summed E-state index contributed by atoms with van der Waals surface area (Å²) < 4.78 is 0. The molecule has 2 bridgehead atoms. The first-order valence-corrected chi connectivity index (χ1v) is 8.61. The molecule has 1 unspecified atom stereocenters. The number of carbonyl (C=O) groups excluding carboxylic acids is 2. The van der Waals surface area contributed by atoms with Crippen molar-refractivity contribution in [3.05, 3.63) is 46.5 Å². The van der Waals surface area contributed by atoms with E-state index in [2.05, 4.69) is 38.7 Å². The summed E-state index contributed by atoms with van der Waals surface area (Å²) in [5.74, 6) is -0.0580. The molecule has 1 aromatic rings. The molecule has 0 saturated carbocycles. The second-order valence-corrected chi connectivity index (χ2v) is 7.67. The SMILES string of the molecule is CC(C)=CCN1CC[C@]2(C)c3cc(C(N)=O)ccc3C(=O)C1[C@@H]2C. The van der Waals surface area contributed by atoms with Crippen LogP contribution in [-0.2, 0) is 5.41 Å². The summed E-state index contributed by atoms with van der Waals surface area (Å²) in [6.07, 6.45) is 3.16. The van der Waals surface area contributed by atoms with Crippen molar-refractivity contribution in [2.45, 2.75) is 45.6 Å². The molecule has 1 aliphatic carbocycles. The van der Waals surface area contributed by atoms with Gasteiger partial charge in [-0.2, -0.15) is 0 Å². The van der Waals surface area contributed by atoms with Crippen LogP contribution in [0.1, 0.15) is 60.4 Å². The maximum absolute atomic E-state index is 13.1. The van der Waals surface area contributed by atoms with Crippen LogP contribution < -0.4 is 5.73 Å². The molecule has 2 aliphatic rings. The van der Waals surface area contributed by atoms with Gasteiger partial charge in [0.15, 0.2) is 5.78 Å². The molecule has 3 rings (SSSR count). The smallest absolute Gasteiger partial charge is 0.248 e. The van der Waals surface area contributed by atoms with E-state index in [1.807, 2.05) is 6.07 Å². The van der Waals surface area contributed by atoms with Crippen molar-refractivity contribution < 1.29 is 9.59 Å². The van der Waals surface area contributed by atoms with Crippen LogP contribution in [-0.4, -0.2) is 35.7 Å². The number of primary amides is 1. The normalized spacial score (nSPS) is 29.1. The number of ketones is 1. The fraction of sp³-hybridized carbons (Fsp3) is 0.500. The number of likely N-dealkylation sites (tertiary alicyclic amines) is 1. The fourth-order valence-corrected chi connectivity index (χ4v) is 4.23. The van der Waals surface area contributed by atoms with Gasteiger partial charge in [-0.25, -0.2) is 0 Å². The van der Waals surface area contributed by atoms with Crippen LogP contribution in [0.2, 0.25) is 0 Å². The molecule has 1 amide bonds. The van der Waals surface area contributed by atoms with Crippen LogP contribution in [0.25, 0.3) is 0 Å². The molecular formula is C20H26N2O2. The van der Waals surface area contributed by atoms with E-state index in [0.29, 0.717) is 5.56 Å². The minimum atomic E-state index is -0.440. The molecule has 1 saturated heterocycles. The number of Topliss-reactive ketones (excluding diaryl/α,β-unsaturated/α-hetero) is 1. The van der Waals surface area contributed by atoms with Gasteiger partial charge in [0, 0.05) is 24.2 Å². The van der Waals surface area contributed by atoms with Crippen molar-refractivity contribution in [2.75, 3.05) is 13.1 Å². The minimum absolute atomic E-state index is 0.0914. The van der Waals surface area contributed by atoms with E-state index in [0.717, 1.165) is 30.6 Å². The average molecular weight is 326 g/mol. The summed E-state index contributed by atoms with van der Waals surface area (Å²) in [6, 6.07) is 5.22. The average Bonchev–Trinajstić information content (AvgIpc) is 2.53. The Morgan fingerprint density at radius 3 is 2.75 bits per heavy atom. The molecule has 0 aromatic heterocycles. The number of hydrogen-bond donors (Lipinski definition) is 1. The first-order valence-electron chi connectivity index (χ1n) is 8.61. The Kier molecular flexibility index (Phi) is 4.12. The van der Waals surface area contributed by atoms with Gasteiger partial charge in [-0.15, -0.1) is 0 Å². The van der Waals surface area contributed by atoms with Gasteiger partial charge >= 0.3 is 0 Å². The molecule has 2 N–H and O–H groups in total. The van der Waals surface area contributed by atoms with Gasteiger partial charge in [0.05, 0.1) is 6.04 Å². The molecule has 24 heavy (non-hydrogen) atoms. The van der Waals surface area contributed by atoms with Crippen molar-refractivity contribution in [3.8, 4) is 0 Å². The summed E-state index contributed by atoms with van der Waals surface area (Å²) in [4.78, 5) is 27.0. The predicted octanol–water partition coefficient (Wildman–Crippen LogP) is 2.92. The van der Waals surface area contributed by atoms with Crippen LogP contribution in [0.15, 0.2) is 29.8 Å². The number of nitrogens with zero attached hydrogens (tertiary/aromatic N) is 1. The van der Waals surface area contributed by atoms with E-state index in [1.54, 1.807) is 12.1 Å². The van der Waals surface area contributed by atoms with Gasteiger partial charge in [0.2, 0.25) is 5.91 Å². The van der Waals surface area contributed by atoms with E-state index in [-0.39, 0.29) is 23.2 Å². The van der Waals surface area contributed by atoms with Gasteiger partial charge in [-0.3, -0.25) is 14.5 Å². The van der Waals surface area contributed by atoms with Crippen LogP contribution in [0.5, 0.6) is 0 Å². The quantitative estimate of drug-likeness (QED) is 0.869. The maximum Gasteiger partial charge on any atom is 0.248 e. The molecule has 4 heteroatoms. The zero-order valence-corrected chi connectivity index (χ0v) is 14.9. The molecule has 1 heterocycles. The third-order valence-corrected chi connectivity index (χ3v) is 5.98. The fourth-order valence-electron chi connectivity index (χ4n) is 4.23. The molecule has 1 fully saturated rings. The Labute approximate surface area is 143 Å². The van der Waals surface area contributed by atoms with Gasteiger partial charge in [-0.05, 0) is 49.3 Å². The summed E-state index contributed by atoms with van der Waals surface area (Å²) in [7, 11) is 0. The topological polar surface area (TPSA) is 63.4 Å². The number of allylic oxidation sites excluding steroid dienone is 1. The lowest BCUT2D eigenvalue weighted by atomic mass is 9.58. The largest absolute Gasteiger partial charge is 0.366 e. The summed E-state index contributed by atoms with van der Waals surface area (Å²) in [5, 5.41) is 0. The number of benzene rings is 1. The number of piperidine rings is 1. The zero-order chi connectivity index (χ0) is 17.6. The van der Waals surface area contributed by atoms with Crippen LogP contribution in [0.4, 0.5) is 0 Å². The lowest BCUT2D eigenvalue weighted by Gasteiger charge is -2.53. The van der Waals surface area contributed by atoms with Gasteiger partial charge in [0.1, 0.15) is 0 Å². The third kappa shape index (κ3) is 2.49. The third-order valence-electron chi connectivity index (χ3n) is 5.98. The lowest BCUT2D eigenvalue weighted by molar-refractivity contribution is 0.0335. The van der Waals surface area contributed by atoms with Crippen LogP contribution in [0.3, 0.4) is 0 Å². The van der Waals surface area contributed by atoms with Crippen molar-refractivity contribution in [1.29, 1.82) is 0 Å². The van der Waals surface area contributed by atoms with Crippen molar-refractivity contribution in [2.24, 2.45) is 11.7 Å². The second-order valence-electron chi connectivity index (χ2n) is 7.67. The van der Waals surface area contributed by atoms with Gasteiger partial charge in [0.25, 0.3) is 0 Å². The Balaban J connectivity index is 2.07. The molecular weight excluding hydrogens is 300 g/mol. The highest BCUT2D eigenvalue weighted by molar-refractivity contribution is 6.05. The van der Waals surface area contributed by atoms with Crippen molar-refractivity contribution in [3.63, 3.8) is 0 Å². The van der Waals surface area contributed by atoms with Gasteiger partial charge < -0.3 is 5.73 Å². The molecule has 3 atom stereocenters. The summed E-state index contributed by atoms with van der Waals surface area (Å²) in [6.45, 7) is 10.3. The molecule has 4 nitrogen and oxygen atoms in total. The number of fused-ring (bicyclic) bond motifs is 4. The Bertz CT molecular complexity index is 733. The number of carbonyl (C=O) groups is 2. The highest BCUT2D eigenvalue weighted by Crippen LogP contribution is 2.48. The lowest BCUT2D eigenvalue weighted by Crippen LogP contribution is -2.60. The van der Waals surface area contributed by atoms with Crippen LogP contribution in [0, 0.1) is 5.92 Å². The second kappa shape index (κ2) is 5.85. The Hall–Kier alpha value is -1.94. The van der Waals surface area contributed by atoms with E-state index < -0.39 is 5.91 Å². The van der Waals surface area contributed by atoms with E-state index >= 15 is 0 Å². The number of nitrogens with two attached hydrogens (primary N) is 1. The Morgan fingerprint density at radius 1 is 1.42 bits per heavy atom. The molecule has 0 spiro atoms. The number of amides is 1. The minimum Gasteiger partial charge on any atom is -0.366 e. The van der Waals surface area contributed by atoms with Crippen molar-refractivity contribution in [1.82, 2.24) is 4.90 Å². The Morgan fingerprint density at radius 2 is 2.12 bits per heavy atom. The standard InChI is InChI=1S/C20H26N2O2/c1-12(2)7-9-22-10-8-20(4)13(3)17(22)18(23)15-6-5-14(19(21)24)11-16(15)20/h5-7,11,13,17H,8-10H2,1-4H3,(H2,21,24)/t13-,17?,20-/m0/s1.